The van der Waals surface area contributed by atoms with Crippen LogP contribution >= 0.6 is 35.4 Å². The average molecular weight is 586 g/mol. The van der Waals surface area contributed by atoms with Gasteiger partial charge < -0.3 is 19.5 Å². The lowest BCUT2D eigenvalue weighted by Gasteiger charge is -2.38. The number of nitrogens with zero attached hydrogens (tertiary/aromatic N) is 2. The summed E-state index contributed by atoms with van der Waals surface area (Å²) in [4.78, 5) is 29.0. The van der Waals surface area contributed by atoms with Crippen LogP contribution in [0.3, 0.4) is 0 Å². The number of rotatable bonds is 5. The van der Waals surface area contributed by atoms with E-state index < -0.39 is 5.91 Å². The minimum atomic E-state index is -0.393. The van der Waals surface area contributed by atoms with E-state index in [0.29, 0.717) is 34.7 Å². The zero-order chi connectivity index (χ0) is 28.2. The smallest absolute Gasteiger partial charge is 0.250 e. The number of piperazine rings is 1. The van der Waals surface area contributed by atoms with E-state index in [1.807, 2.05) is 49.9 Å². The highest BCUT2D eigenvalue weighted by Crippen LogP contribution is 2.29. The summed E-state index contributed by atoms with van der Waals surface area (Å²) in [6.07, 6.45) is 2.89. The minimum Gasteiger partial charge on any atom is -0.457 e. The third kappa shape index (κ3) is 7.85. The van der Waals surface area contributed by atoms with E-state index in [4.69, 9.17) is 39.8 Å². The van der Waals surface area contributed by atoms with E-state index >= 15 is 0 Å². The van der Waals surface area contributed by atoms with Crippen LogP contribution in [-0.2, 0) is 9.59 Å². The maximum atomic E-state index is 12.5. The Labute approximate surface area is 243 Å². The summed E-state index contributed by atoms with van der Waals surface area (Å²) < 4.78 is 5.77. The summed E-state index contributed by atoms with van der Waals surface area (Å²) in [5, 5.41) is 6.85. The molecule has 3 aromatic rings. The molecule has 0 radical (unpaired) electrons. The van der Waals surface area contributed by atoms with Gasteiger partial charge >= 0.3 is 0 Å². The molecule has 0 unspecified atom stereocenters. The molecule has 39 heavy (non-hydrogen) atoms. The molecule has 0 aliphatic carbocycles. The van der Waals surface area contributed by atoms with E-state index in [9.17, 15) is 9.59 Å². The molecule has 2 N–H and O–H groups in total. The summed E-state index contributed by atoms with van der Waals surface area (Å²) in [6.45, 7) is 8.81. The molecule has 1 aromatic heterocycles. The molecule has 0 spiro atoms. The predicted octanol–water partition coefficient (Wildman–Crippen LogP) is 6.47. The lowest BCUT2D eigenvalue weighted by molar-refractivity contribution is -0.139. The molecule has 2 heterocycles. The molecule has 0 saturated carbocycles. The van der Waals surface area contributed by atoms with Gasteiger partial charge in [-0.1, -0.05) is 44.0 Å². The number of furan rings is 1. The Bertz CT molecular complexity index is 1370. The van der Waals surface area contributed by atoms with Gasteiger partial charge in [-0.3, -0.25) is 14.9 Å². The summed E-state index contributed by atoms with van der Waals surface area (Å²) in [5.74, 6) is 0.870. The maximum absolute atomic E-state index is 12.5. The molecule has 1 fully saturated rings. The molecule has 7 nitrogen and oxygen atoms in total. The zero-order valence-electron chi connectivity index (χ0n) is 22.0. The second-order valence-corrected chi connectivity index (χ2v) is 11.5. The molecule has 2 aromatic carbocycles. The average Bonchev–Trinajstić information content (AvgIpc) is 3.36. The van der Waals surface area contributed by atoms with Crippen LogP contribution in [0, 0.1) is 5.41 Å². The molecule has 204 valence electrons. The molecule has 1 aliphatic rings. The van der Waals surface area contributed by atoms with Gasteiger partial charge in [-0.15, -0.1) is 0 Å². The van der Waals surface area contributed by atoms with Crippen LogP contribution < -0.4 is 15.5 Å². The number of nitrogens with one attached hydrogen (secondary N) is 2. The first-order valence-corrected chi connectivity index (χ1v) is 13.6. The largest absolute Gasteiger partial charge is 0.457 e. The molecule has 10 heteroatoms. The topological polar surface area (TPSA) is 77.8 Å². The quantitative estimate of drug-likeness (QED) is 0.264. The van der Waals surface area contributed by atoms with Crippen molar-refractivity contribution in [2.75, 3.05) is 36.4 Å². The number of halogens is 2. The highest BCUT2D eigenvalue weighted by molar-refractivity contribution is 7.80. The normalized spacial score (nSPS) is 14.0. The van der Waals surface area contributed by atoms with Gasteiger partial charge in [-0.25, -0.2) is 0 Å². The zero-order valence-corrected chi connectivity index (χ0v) is 24.3. The minimum absolute atomic E-state index is 0.181. The van der Waals surface area contributed by atoms with Crippen LogP contribution in [0.25, 0.3) is 17.4 Å². The molecule has 4 rings (SSSR count). The van der Waals surface area contributed by atoms with Crippen LogP contribution in [0.4, 0.5) is 11.4 Å². The SMILES string of the molecule is CC(C)(C)C(=O)N1CCN(c2ccc(NC(=S)NC(=O)/C=C/c3ccc(-c4cc(Cl)cc(Cl)c4)o3)cc2)CC1. The fraction of sp³-hybridized carbons (Fsp3) is 0.276. The number of anilines is 2. The number of amides is 2. The Morgan fingerprint density at radius 3 is 2.21 bits per heavy atom. The summed E-state index contributed by atoms with van der Waals surface area (Å²) in [5.41, 5.74) is 2.20. The van der Waals surface area contributed by atoms with E-state index in [1.54, 1.807) is 36.4 Å². The van der Waals surface area contributed by atoms with E-state index in [-0.39, 0.29) is 16.4 Å². The number of carbonyl (C=O) groups is 2. The van der Waals surface area contributed by atoms with Crippen molar-refractivity contribution in [3.63, 3.8) is 0 Å². The van der Waals surface area contributed by atoms with Crippen molar-refractivity contribution in [3.05, 3.63) is 76.5 Å². The van der Waals surface area contributed by atoms with E-state index in [1.165, 1.54) is 6.08 Å². The first kappa shape index (κ1) is 28.7. The van der Waals surface area contributed by atoms with E-state index in [0.717, 1.165) is 30.0 Å². The van der Waals surface area contributed by atoms with Gasteiger partial charge in [0.15, 0.2) is 5.11 Å². The van der Waals surface area contributed by atoms with Gasteiger partial charge in [0.25, 0.3) is 0 Å². The summed E-state index contributed by atoms with van der Waals surface area (Å²) >= 11 is 17.4. The van der Waals surface area contributed by atoms with E-state index in [2.05, 4.69) is 15.5 Å². The highest BCUT2D eigenvalue weighted by atomic mass is 35.5. The van der Waals surface area contributed by atoms with Crippen molar-refractivity contribution >= 4 is 69.8 Å². The molecule has 0 atom stereocenters. The Morgan fingerprint density at radius 2 is 1.59 bits per heavy atom. The van der Waals surface area contributed by atoms with Crippen molar-refractivity contribution in [1.29, 1.82) is 0 Å². The standard InChI is InChI=1S/C29H30Cl2N4O3S/c1-29(2,3)27(37)35-14-12-34(13-15-35)23-6-4-22(5-7-23)32-28(39)33-26(36)11-9-24-8-10-25(38-24)19-16-20(30)18-21(31)17-19/h4-11,16-18H,12-15H2,1-3H3,(H2,32,33,36,39)/b11-9+. The fourth-order valence-corrected chi connectivity index (χ4v) is 4.91. The van der Waals surface area contributed by atoms with Crippen molar-refractivity contribution in [1.82, 2.24) is 10.2 Å². The van der Waals surface area contributed by atoms with Gasteiger partial charge in [0.1, 0.15) is 11.5 Å². The van der Waals surface area contributed by atoms with Crippen LogP contribution in [0.5, 0.6) is 0 Å². The number of hydrogen-bond donors (Lipinski definition) is 2. The van der Waals surface area contributed by atoms with Gasteiger partial charge in [-0.2, -0.15) is 0 Å². The number of thiocarbonyl (C=S) groups is 1. The Kier molecular flexibility index (Phi) is 9.00. The number of hydrogen-bond acceptors (Lipinski definition) is 5. The van der Waals surface area contributed by atoms with Gasteiger partial charge in [0.2, 0.25) is 11.8 Å². The lowest BCUT2D eigenvalue weighted by Crippen LogP contribution is -2.51. The maximum Gasteiger partial charge on any atom is 0.250 e. The molecule has 1 saturated heterocycles. The first-order chi connectivity index (χ1) is 18.5. The van der Waals surface area contributed by atoms with Crippen molar-refractivity contribution in [2.45, 2.75) is 20.8 Å². The second-order valence-electron chi connectivity index (χ2n) is 10.2. The van der Waals surface area contributed by atoms with Crippen molar-refractivity contribution in [2.24, 2.45) is 5.41 Å². The van der Waals surface area contributed by atoms with Crippen LogP contribution in [0.1, 0.15) is 26.5 Å². The highest BCUT2D eigenvalue weighted by Gasteiger charge is 2.29. The van der Waals surface area contributed by atoms with Gasteiger partial charge in [0, 0.05) is 64.7 Å². The molecule has 1 aliphatic heterocycles. The van der Waals surface area contributed by atoms with Gasteiger partial charge in [0.05, 0.1) is 0 Å². The van der Waals surface area contributed by atoms with Crippen molar-refractivity contribution < 1.29 is 14.0 Å². The van der Waals surface area contributed by atoms with Gasteiger partial charge in [-0.05, 0) is 72.9 Å². The van der Waals surface area contributed by atoms with Crippen LogP contribution in [0.2, 0.25) is 10.0 Å². The number of benzene rings is 2. The third-order valence-electron chi connectivity index (χ3n) is 6.11. The summed E-state index contributed by atoms with van der Waals surface area (Å²) in [7, 11) is 0. The summed E-state index contributed by atoms with van der Waals surface area (Å²) in [6, 6.07) is 16.5. The molecule has 0 bridgehead atoms. The number of carbonyl (C=O) groups excluding carboxylic acids is 2. The monoisotopic (exact) mass is 584 g/mol. The predicted molar refractivity (Wildman–Crippen MR) is 162 cm³/mol. The Hall–Kier alpha value is -3.33. The first-order valence-electron chi connectivity index (χ1n) is 12.5. The lowest BCUT2D eigenvalue weighted by atomic mass is 9.94. The molecular formula is C29H30Cl2N4O3S. The Balaban J connectivity index is 1.25. The molecular weight excluding hydrogens is 555 g/mol. The van der Waals surface area contributed by atoms with Crippen LogP contribution in [0.15, 0.2) is 65.1 Å². The third-order valence-corrected chi connectivity index (χ3v) is 6.75. The molecule has 2 amide bonds. The van der Waals surface area contributed by atoms with Crippen LogP contribution in [-0.4, -0.2) is 48.0 Å². The second kappa shape index (κ2) is 12.2. The van der Waals surface area contributed by atoms with Crippen molar-refractivity contribution in [3.8, 4) is 11.3 Å². The Morgan fingerprint density at radius 1 is 0.949 bits per heavy atom. The fourth-order valence-electron chi connectivity index (χ4n) is 4.17.